The van der Waals surface area contributed by atoms with E-state index in [9.17, 15) is 9.18 Å². The van der Waals surface area contributed by atoms with E-state index in [1.165, 1.54) is 34.9 Å². The van der Waals surface area contributed by atoms with Crippen LogP contribution in [0.1, 0.15) is 33.5 Å². The SMILES string of the molecule is Cc1cccc(CCC(=O)c2ccc(F)c(Cl)c2)c1C. The summed E-state index contributed by atoms with van der Waals surface area (Å²) in [6.45, 7) is 4.12. The molecule has 0 aromatic heterocycles. The van der Waals surface area contributed by atoms with Crippen molar-refractivity contribution in [3.63, 3.8) is 0 Å². The fraction of sp³-hybridized carbons (Fsp3) is 0.235. The molecule has 0 N–H and O–H groups in total. The van der Waals surface area contributed by atoms with E-state index in [2.05, 4.69) is 19.9 Å². The minimum absolute atomic E-state index is 0.0115. The molecule has 2 rings (SSSR count). The van der Waals surface area contributed by atoms with Gasteiger partial charge in [0.05, 0.1) is 5.02 Å². The van der Waals surface area contributed by atoms with Crippen LogP contribution in [0.4, 0.5) is 4.39 Å². The number of rotatable bonds is 4. The van der Waals surface area contributed by atoms with E-state index in [0.717, 1.165) is 0 Å². The number of benzene rings is 2. The highest BCUT2D eigenvalue weighted by atomic mass is 35.5. The van der Waals surface area contributed by atoms with Crippen LogP contribution < -0.4 is 0 Å². The molecular formula is C17H16ClFO. The van der Waals surface area contributed by atoms with Crippen molar-refractivity contribution in [2.75, 3.05) is 0 Å². The lowest BCUT2D eigenvalue weighted by molar-refractivity contribution is 0.0983. The van der Waals surface area contributed by atoms with Crippen molar-refractivity contribution < 1.29 is 9.18 Å². The van der Waals surface area contributed by atoms with Crippen LogP contribution in [-0.2, 0) is 6.42 Å². The largest absolute Gasteiger partial charge is 0.294 e. The molecule has 0 aliphatic carbocycles. The zero-order valence-electron chi connectivity index (χ0n) is 11.5. The third-order valence-electron chi connectivity index (χ3n) is 3.58. The van der Waals surface area contributed by atoms with Gasteiger partial charge in [-0.2, -0.15) is 0 Å². The van der Waals surface area contributed by atoms with Crippen LogP contribution in [0.5, 0.6) is 0 Å². The van der Waals surface area contributed by atoms with Gasteiger partial charge < -0.3 is 0 Å². The van der Waals surface area contributed by atoms with Crippen LogP contribution in [0.25, 0.3) is 0 Å². The van der Waals surface area contributed by atoms with E-state index in [0.29, 0.717) is 18.4 Å². The van der Waals surface area contributed by atoms with Crippen molar-refractivity contribution in [2.24, 2.45) is 0 Å². The maximum atomic E-state index is 13.1. The first-order chi connectivity index (χ1) is 9.49. The molecule has 0 saturated heterocycles. The lowest BCUT2D eigenvalue weighted by Crippen LogP contribution is -2.03. The van der Waals surface area contributed by atoms with Gasteiger partial charge in [0.1, 0.15) is 5.82 Å². The van der Waals surface area contributed by atoms with Crippen LogP contribution in [-0.4, -0.2) is 5.78 Å². The molecule has 1 nitrogen and oxygen atoms in total. The summed E-state index contributed by atoms with van der Waals surface area (Å²) in [5, 5.41) is -0.0115. The fourth-order valence-electron chi connectivity index (χ4n) is 2.14. The number of hydrogen-bond acceptors (Lipinski definition) is 1. The highest BCUT2D eigenvalue weighted by Gasteiger charge is 2.10. The third kappa shape index (κ3) is 3.26. The summed E-state index contributed by atoms with van der Waals surface area (Å²) in [5.41, 5.74) is 4.07. The highest BCUT2D eigenvalue weighted by molar-refractivity contribution is 6.31. The van der Waals surface area contributed by atoms with Gasteiger partial charge in [-0.25, -0.2) is 4.39 Å². The topological polar surface area (TPSA) is 17.1 Å². The quantitative estimate of drug-likeness (QED) is 0.731. The lowest BCUT2D eigenvalue weighted by Gasteiger charge is -2.08. The van der Waals surface area contributed by atoms with E-state index >= 15 is 0 Å². The van der Waals surface area contributed by atoms with Gasteiger partial charge >= 0.3 is 0 Å². The first kappa shape index (κ1) is 14.7. The number of hydrogen-bond donors (Lipinski definition) is 0. The number of carbonyl (C=O) groups excluding carboxylic acids is 1. The van der Waals surface area contributed by atoms with Gasteiger partial charge in [0, 0.05) is 12.0 Å². The standard InChI is InChI=1S/C17H16ClFO/c1-11-4-3-5-13(12(11)2)7-9-17(20)14-6-8-16(19)15(18)10-14/h3-6,8,10H,7,9H2,1-2H3. The molecular weight excluding hydrogens is 275 g/mol. The summed E-state index contributed by atoms with van der Waals surface area (Å²) >= 11 is 5.69. The smallest absolute Gasteiger partial charge is 0.163 e. The van der Waals surface area contributed by atoms with Crippen LogP contribution in [0.15, 0.2) is 36.4 Å². The molecule has 3 heteroatoms. The average molecular weight is 291 g/mol. The Hall–Kier alpha value is -1.67. The Morgan fingerprint density at radius 3 is 2.65 bits per heavy atom. The summed E-state index contributed by atoms with van der Waals surface area (Å²) < 4.78 is 13.1. The molecule has 104 valence electrons. The van der Waals surface area contributed by atoms with Crippen molar-refractivity contribution in [3.05, 3.63) is 69.5 Å². The zero-order chi connectivity index (χ0) is 14.7. The molecule has 0 radical (unpaired) electrons. The molecule has 0 amide bonds. The van der Waals surface area contributed by atoms with Crippen molar-refractivity contribution in [2.45, 2.75) is 26.7 Å². The second kappa shape index (κ2) is 6.19. The van der Waals surface area contributed by atoms with E-state index in [1.807, 2.05) is 12.1 Å². The molecule has 0 unspecified atom stereocenters. The Morgan fingerprint density at radius 1 is 1.20 bits per heavy atom. The van der Waals surface area contributed by atoms with E-state index in [1.54, 1.807) is 0 Å². The van der Waals surface area contributed by atoms with Gasteiger partial charge in [0.15, 0.2) is 5.78 Å². The van der Waals surface area contributed by atoms with Gasteiger partial charge in [-0.1, -0.05) is 29.8 Å². The molecule has 0 heterocycles. The van der Waals surface area contributed by atoms with Crippen LogP contribution in [0.2, 0.25) is 5.02 Å². The molecule has 0 atom stereocenters. The maximum absolute atomic E-state index is 13.1. The number of carbonyl (C=O) groups is 1. The molecule has 0 fully saturated rings. The van der Waals surface area contributed by atoms with Gasteiger partial charge in [0.25, 0.3) is 0 Å². The lowest BCUT2D eigenvalue weighted by atomic mass is 9.97. The fourth-order valence-corrected chi connectivity index (χ4v) is 2.33. The number of Topliss-reactive ketones (excluding diaryl/α,β-unsaturated/α-hetero) is 1. The summed E-state index contributed by atoms with van der Waals surface area (Å²) in [7, 11) is 0. The van der Waals surface area contributed by atoms with Gasteiger partial charge in [-0.05, 0) is 55.2 Å². The van der Waals surface area contributed by atoms with Crippen molar-refractivity contribution in [1.29, 1.82) is 0 Å². The van der Waals surface area contributed by atoms with Crippen LogP contribution >= 0.6 is 11.6 Å². The summed E-state index contributed by atoms with van der Waals surface area (Å²) in [6.07, 6.45) is 1.08. The Kier molecular flexibility index (Phi) is 4.56. The minimum Gasteiger partial charge on any atom is -0.294 e. The van der Waals surface area contributed by atoms with Crippen molar-refractivity contribution in [1.82, 2.24) is 0 Å². The molecule has 20 heavy (non-hydrogen) atoms. The number of ketones is 1. The van der Waals surface area contributed by atoms with Crippen LogP contribution in [0, 0.1) is 19.7 Å². The molecule has 0 aliphatic heterocycles. The average Bonchev–Trinajstić information content (AvgIpc) is 2.43. The highest BCUT2D eigenvalue weighted by Crippen LogP contribution is 2.19. The normalized spacial score (nSPS) is 10.6. The predicted octanol–water partition coefficient (Wildman–Crippen LogP) is 4.91. The molecule has 0 spiro atoms. The molecule has 2 aromatic rings. The summed E-state index contributed by atoms with van der Waals surface area (Å²) in [6, 6.07) is 10.2. The molecule has 0 aliphatic rings. The van der Waals surface area contributed by atoms with Gasteiger partial charge in [-0.3, -0.25) is 4.79 Å². The second-order valence-electron chi connectivity index (χ2n) is 4.91. The first-order valence-corrected chi connectivity index (χ1v) is 6.90. The Morgan fingerprint density at radius 2 is 1.95 bits per heavy atom. The Labute approximate surface area is 123 Å². The van der Waals surface area contributed by atoms with E-state index in [4.69, 9.17) is 11.6 Å². The van der Waals surface area contributed by atoms with E-state index in [-0.39, 0.29) is 10.8 Å². The molecule has 2 aromatic carbocycles. The van der Waals surface area contributed by atoms with Crippen LogP contribution in [0.3, 0.4) is 0 Å². The first-order valence-electron chi connectivity index (χ1n) is 6.52. The zero-order valence-corrected chi connectivity index (χ0v) is 12.3. The summed E-state index contributed by atoms with van der Waals surface area (Å²) in [5.74, 6) is -0.523. The molecule has 0 saturated carbocycles. The minimum atomic E-state index is -0.502. The Bertz CT molecular complexity index is 649. The second-order valence-corrected chi connectivity index (χ2v) is 5.32. The van der Waals surface area contributed by atoms with Gasteiger partial charge in [-0.15, -0.1) is 0 Å². The third-order valence-corrected chi connectivity index (χ3v) is 3.87. The van der Waals surface area contributed by atoms with Crippen molar-refractivity contribution in [3.8, 4) is 0 Å². The van der Waals surface area contributed by atoms with E-state index < -0.39 is 5.82 Å². The Balaban J connectivity index is 2.08. The predicted molar refractivity (Wildman–Crippen MR) is 80.0 cm³/mol. The summed E-state index contributed by atoms with van der Waals surface area (Å²) in [4.78, 5) is 12.1. The van der Waals surface area contributed by atoms with Gasteiger partial charge in [0.2, 0.25) is 0 Å². The monoisotopic (exact) mass is 290 g/mol. The molecule has 0 bridgehead atoms. The number of aryl methyl sites for hydroxylation is 2. The van der Waals surface area contributed by atoms with Crippen molar-refractivity contribution >= 4 is 17.4 Å². The number of halogens is 2. The maximum Gasteiger partial charge on any atom is 0.163 e.